The average Bonchev–Trinajstić information content (AvgIpc) is 2.47. The summed E-state index contributed by atoms with van der Waals surface area (Å²) in [5, 5.41) is 8.91. The van der Waals surface area contributed by atoms with Crippen LogP contribution in [0.25, 0.3) is 0 Å². The van der Waals surface area contributed by atoms with Gasteiger partial charge in [-0.1, -0.05) is 6.92 Å². The number of aliphatic carboxylic acids is 1. The van der Waals surface area contributed by atoms with Crippen molar-refractivity contribution in [1.82, 2.24) is 9.97 Å². The molecule has 1 aliphatic heterocycles. The fourth-order valence-corrected chi connectivity index (χ4v) is 2.70. The molecule has 2 heterocycles. The first-order valence-electron chi connectivity index (χ1n) is 6.94. The molecule has 2 atom stereocenters. The van der Waals surface area contributed by atoms with Crippen molar-refractivity contribution in [2.75, 3.05) is 25.1 Å². The number of anilines is 1. The van der Waals surface area contributed by atoms with E-state index >= 15 is 0 Å². The van der Waals surface area contributed by atoms with Crippen molar-refractivity contribution in [3.8, 4) is 5.88 Å². The highest BCUT2D eigenvalue weighted by Crippen LogP contribution is 2.28. The van der Waals surface area contributed by atoms with Crippen molar-refractivity contribution >= 4 is 11.9 Å². The number of rotatable bonds is 5. The third-order valence-corrected chi connectivity index (χ3v) is 3.87. The van der Waals surface area contributed by atoms with Crippen molar-refractivity contribution < 1.29 is 14.6 Å². The fourth-order valence-electron chi connectivity index (χ4n) is 2.70. The van der Waals surface area contributed by atoms with Crippen molar-refractivity contribution in [2.24, 2.45) is 11.8 Å². The Hall–Kier alpha value is -1.85. The van der Waals surface area contributed by atoms with Crippen LogP contribution in [-0.4, -0.2) is 41.2 Å². The minimum atomic E-state index is -0.729. The van der Waals surface area contributed by atoms with Gasteiger partial charge in [0.25, 0.3) is 0 Å². The highest BCUT2D eigenvalue weighted by atomic mass is 16.5. The van der Waals surface area contributed by atoms with E-state index in [-0.39, 0.29) is 12.3 Å². The summed E-state index contributed by atoms with van der Waals surface area (Å²) in [5.74, 6) is 1.02. The minimum absolute atomic E-state index is 0.168. The lowest BCUT2D eigenvalue weighted by atomic mass is 9.85. The van der Waals surface area contributed by atoms with Crippen LogP contribution in [0.3, 0.4) is 0 Å². The summed E-state index contributed by atoms with van der Waals surface area (Å²) in [7, 11) is 1.58. The Morgan fingerprint density at radius 2 is 2.45 bits per heavy atom. The second-order valence-corrected chi connectivity index (χ2v) is 5.32. The number of ether oxygens (including phenoxy) is 1. The van der Waals surface area contributed by atoms with Crippen molar-refractivity contribution in [1.29, 1.82) is 0 Å². The first-order chi connectivity index (χ1) is 9.60. The normalized spacial score (nSPS) is 20.5. The van der Waals surface area contributed by atoms with E-state index in [0.717, 1.165) is 25.9 Å². The molecule has 0 amide bonds. The van der Waals surface area contributed by atoms with Gasteiger partial charge in [-0.25, -0.2) is 4.98 Å². The summed E-state index contributed by atoms with van der Waals surface area (Å²) in [6, 6.07) is 1.72. The molecule has 6 nitrogen and oxygen atoms in total. The van der Waals surface area contributed by atoms with Crippen LogP contribution in [0.5, 0.6) is 5.88 Å². The lowest BCUT2D eigenvalue weighted by molar-refractivity contribution is -0.138. The number of hydrogen-bond donors (Lipinski definition) is 1. The molecule has 0 spiro atoms. The Kier molecular flexibility index (Phi) is 4.76. The molecule has 20 heavy (non-hydrogen) atoms. The molecule has 2 rings (SSSR count). The standard InChI is InChI=1S/C14H21N3O3/c1-10(8-13(18)19)11-4-3-7-17(9-11)14-15-6-5-12(16-14)20-2/h5-6,10-11H,3-4,7-9H2,1-2H3,(H,18,19). The van der Waals surface area contributed by atoms with Crippen LogP contribution in [0.15, 0.2) is 12.3 Å². The number of aromatic nitrogens is 2. The third-order valence-electron chi connectivity index (χ3n) is 3.87. The molecule has 2 unspecified atom stereocenters. The predicted molar refractivity (Wildman–Crippen MR) is 74.9 cm³/mol. The summed E-state index contributed by atoms with van der Waals surface area (Å²) in [4.78, 5) is 21.6. The SMILES string of the molecule is COc1ccnc(N2CCCC(C(C)CC(=O)O)C2)n1. The molecule has 0 bridgehead atoms. The molecular weight excluding hydrogens is 258 g/mol. The van der Waals surface area contributed by atoms with Crippen LogP contribution in [-0.2, 0) is 4.79 Å². The molecule has 1 N–H and O–H groups in total. The molecule has 0 radical (unpaired) electrons. The van der Waals surface area contributed by atoms with Crippen molar-refractivity contribution in [2.45, 2.75) is 26.2 Å². The summed E-state index contributed by atoms with van der Waals surface area (Å²) >= 11 is 0. The third kappa shape index (κ3) is 3.59. The maximum Gasteiger partial charge on any atom is 0.303 e. The Balaban J connectivity index is 2.04. The van der Waals surface area contributed by atoms with Gasteiger partial charge in [0.15, 0.2) is 0 Å². The smallest absolute Gasteiger partial charge is 0.303 e. The largest absolute Gasteiger partial charge is 0.481 e. The Morgan fingerprint density at radius 3 is 3.15 bits per heavy atom. The molecule has 1 aromatic heterocycles. The van der Waals surface area contributed by atoms with E-state index in [1.165, 1.54) is 0 Å². The van der Waals surface area contributed by atoms with Crippen molar-refractivity contribution in [3.05, 3.63) is 12.3 Å². The molecule has 1 saturated heterocycles. The highest BCUT2D eigenvalue weighted by molar-refractivity contribution is 5.67. The first-order valence-corrected chi connectivity index (χ1v) is 6.94. The number of carboxylic acids is 1. The molecule has 6 heteroatoms. The lowest BCUT2D eigenvalue weighted by Crippen LogP contribution is -2.39. The molecule has 0 aliphatic carbocycles. The number of carbonyl (C=O) groups is 1. The zero-order chi connectivity index (χ0) is 14.5. The van der Waals surface area contributed by atoms with Gasteiger partial charge in [-0.3, -0.25) is 4.79 Å². The van der Waals surface area contributed by atoms with E-state index in [2.05, 4.69) is 14.9 Å². The van der Waals surface area contributed by atoms with E-state index in [1.807, 2.05) is 6.92 Å². The van der Waals surface area contributed by atoms with Gasteiger partial charge in [0, 0.05) is 31.8 Å². The zero-order valence-corrected chi connectivity index (χ0v) is 12.0. The van der Waals surface area contributed by atoms with E-state index in [0.29, 0.717) is 17.7 Å². The maximum atomic E-state index is 10.8. The van der Waals surface area contributed by atoms with Gasteiger partial charge in [0.2, 0.25) is 11.8 Å². The Labute approximate surface area is 118 Å². The summed E-state index contributed by atoms with van der Waals surface area (Å²) in [5.41, 5.74) is 0. The topological polar surface area (TPSA) is 75.5 Å². The second-order valence-electron chi connectivity index (χ2n) is 5.32. The summed E-state index contributed by atoms with van der Waals surface area (Å²) in [6.07, 6.45) is 4.01. The molecule has 0 saturated carbocycles. The maximum absolute atomic E-state index is 10.8. The highest BCUT2D eigenvalue weighted by Gasteiger charge is 2.27. The predicted octanol–water partition coefficient (Wildman–Crippen LogP) is 1.81. The van der Waals surface area contributed by atoms with Crippen LogP contribution in [0.2, 0.25) is 0 Å². The van der Waals surface area contributed by atoms with Crippen LogP contribution >= 0.6 is 0 Å². The second kappa shape index (κ2) is 6.54. The number of hydrogen-bond acceptors (Lipinski definition) is 5. The fraction of sp³-hybridized carbons (Fsp3) is 0.643. The Morgan fingerprint density at radius 1 is 1.65 bits per heavy atom. The Bertz CT molecular complexity index is 467. The number of nitrogens with zero attached hydrogens (tertiary/aromatic N) is 3. The van der Waals surface area contributed by atoms with Gasteiger partial charge in [-0.05, 0) is 24.7 Å². The molecule has 110 valence electrons. The molecule has 0 aromatic carbocycles. The van der Waals surface area contributed by atoms with Gasteiger partial charge < -0.3 is 14.7 Å². The number of methoxy groups -OCH3 is 1. The van der Waals surface area contributed by atoms with Crippen LogP contribution in [0, 0.1) is 11.8 Å². The first kappa shape index (κ1) is 14.6. The van der Waals surface area contributed by atoms with Gasteiger partial charge in [0.1, 0.15) is 0 Å². The van der Waals surface area contributed by atoms with Gasteiger partial charge in [-0.15, -0.1) is 0 Å². The quantitative estimate of drug-likeness (QED) is 0.886. The van der Waals surface area contributed by atoms with Crippen molar-refractivity contribution in [3.63, 3.8) is 0 Å². The van der Waals surface area contributed by atoms with E-state index in [4.69, 9.17) is 9.84 Å². The average molecular weight is 279 g/mol. The summed E-state index contributed by atoms with van der Waals surface area (Å²) in [6.45, 7) is 3.72. The van der Waals surface area contributed by atoms with E-state index < -0.39 is 5.97 Å². The van der Waals surface area contributed by atoms with E-state index in [9.17, 15) is 4.79 Å². The minimum Gasteiger partial charge on any atom is -0.481 e. The monoisotopic (exact) mass is 279 g/mol. The molecule has 1 aromatic rings. The number of piperidine rings is 1. The van der Waals surface area contributed by atoms with Gasteiger partial charge >= 0.3 is 5.97 Å². The van der Waals surface area contributed by atoms with Gasteiger partial charge in [0.05, 0.1) is 7.11 Å². The van der Waals surface area contributed by atoms with Crippen LogP contribution in [0.1, 0.15) is 26.2 Å². The van der Waals surface area contributed by atoms with Crippen LogP contribution in [0.4, 0.5) is 5.95 Å². The molecular formula is C14H21N3O3. The van der Waals surface area contributed by atoms with E-state index in [1.54, 1.807) is 19.4 Å². The van der Waals surface area contributed by atoms with Gasteiger partial charge in [-0.2, -0.15) is 4.98 Å². The number of carboxylic acid groups (broad SMARTS) is 1. The zero-order valence-electron chi connectivity index (χ0n) is 12.0. The van der Waals surface area contributed by atoms with Crippen LogP contribution < -0.4 is 9.64 Å². The molecule has 1 fully saturated rings. The summed E-state index contributed by atoms with van der Waals surface area (Å²) < 4.78 is 5.12. The lowest BCUT2D eigenvalue weighted by Gasteiger charge is -2.35. The molecule has 1 aliphatic rings.